The summed E-state index contributed by atoms with van der Waals surface area (Å²) >= 11 is 7.87. The molecule has 0 spiro atoms. The second-order valence-electron chi connectivity index (χ2n) is 8.45. The summed E-state index contributed by atoms with van der Waals surface area (Å²) in [5.74, 6) is 0.0348. The smallest absolute Gasteiger partial charge is 0.325 e. The third-order valence-corrected chi connectivity index (χ3v) is 7.61. The number of hydrogen-bond donors (Lipinski definition) is 2. The zero-order chi connectivity index (χ0) is 23.2. The van der Waals surface area contributed by atoms with Crippen LogP contribution in [0.15, 0.2) is 65.6 Å². The van der Waals surface area contributed by atoms with Crippen LogP contribution in [0.4, 0.5) is 4.79 Å². The Morgan fingerprint density at radius 2 is 1.94 bits per heavy atom. The van der Waals surface area contributed by atoms with Gasteiger partial charge in [0.2, 0.25) is 5.91 Å². The Kier molecular flexibility index (Phi) is 5.54. The van der Waals surface area contributed by atoms with Gasteiger partial charge in [-0.3, -0.25) is 14.5 Å². The van der Waals surface area contributed by atoms with E-state index in [1.165, 1.54) is 0 Å². The molecule has 2 unspecified atom stereocenters. The molecule has 2 aliphatic heterocycles. The predicted octanol–water partition coefficient (Wildman–Crippen LogP) is 4.61. The maximum absolute atomic E-state index is 13.3. The fraction of sp³-hybridized carbons (Fsp3) is 0.240. The van der Waals surface area contributed by atoms with E-state index in [1.54, 1.807) is 18.7 Å². The van der Waals surface area contributed by atoms with Gasteiger partial charge in [-0.15, -0.1) is 11.8 Å². The molecule has 2 N–H and O–H groups in total. The van der Waals surface area contributed by atoms with Gasteiger partial charge in [0.25, 0.3) is 5.91 Å². The lowest BCUT2D eigenvalue weighted by atomic mass is 9.90. The monoisotopic (exact) mass is 479 g/mol. The lowest BCUT2D eigenvalue weighted by molar-refractivity contribution is -0.135. The predicted molar refractivity (Wildman–Crippen MR) is 129 cm³/mol. The second kappa shape index (κ2) is 8.39. The van der Waals surface area contributed by atoms with Crippen molar-refractivity contribution in [2.75, 3.05) is 12.3 Å². The van der Waals surface area contributed by atoms with Crippen LogP contribution < -0.4 is 10.6 Å². The van der Waals surface area contributed by atoms with Gasteiger partial charge < -0.3 is 10.6 Å². The Bertz CT molecular complexity index is 1300. The Labute approximate surface area is 200 Å². The summed E-state index contributed by atoms with van der Waals surface area (Å²) in [6, 6.07) is 18.3. The van der Waals surface area contributed by atoms with E-state index >= 15 is 0 Å². The van der Waals surface area contributed by atoms with Crippen molar-refractivity contribution in [1.82, 2.24) is 15.5 Å². The SMILES string of the molecule is CC1(c2ccc3ccccc3c2)NC(=O)N(CC(=O)NC2CCSc3ccc(Cl)cc32)C1=O. The van der Waals surface area contributed by atoms with Crippen LogP contribution in [0.1, 0.15) is 30.5 Å². The van der Waals surface area contributed by atoms with Crippen LogP contribution in [0.5, 0.6) is 0 Å². The molecule has 0 bridgehead atoms. The molecule has 1 saturated heterocycles. The first-order valence-corrected chi connectivity index (χ1v) is 12.1. The molecule has 3 aromatic carbocycles. The topological polar surface area (TPSA) is 78.5 Å². The van der Waals surface area contributed by atoms with E-state index in [2.05, 4.69) is 10.6 Å². The summed E-state index contributed by atoms with van der Waals surface area (Å²) in [6.45, 7) is 1.33. The summed E-state index contributed by atoms with van der Waals surface area (Å²) in [5, 5.41) is 8.38. The number of hydrogen-bond acceptors (Lipinski definition) is 4. The highest BCUT2D eigenvalue weighted by atomic mass is 35.5. The van der Waals surface area contributed by atoms with Gasteiger partial charge in [0.05, 0.1) is 6.04 Å². The number of fused-ring (bicyclic) bond motifs is 2. The molecular formula is C25H22ClN3O3S. The summed E-state index contributed by atoms with van der Waals surface area (Å²) in [5.41, 5.74) is 0.406. The molecule has 168 valence electrons. The van der Waals surface area contributed by atoms with Gasteiger partial charge >= 0.3 is 6.03 Å². The number of thioether (sulfide) groups is 1. The molecule has 8 heteroatoms. The van der Waals surface area contributed by atoms with Crippen molar-refractivity contribution in [2.45, 2.75) is 29.8 Å². The fourth-order valence-electron chi connectivity index (χ4n) is 4.44. The minimum atomic E-state index is -1.23. The first-order valence-electron chi connectivity index (χ1n) is 10.7. The van der Waals surface area contributed by atoms with Gasteiger partial charge in [-0.1, -0.05) is 48.0 Å². The fourth-order valence-corrected chi connectivity index (χ4v) is 5.72. The number of nitrogens with zero attached hydrogens (tertiary/aromatic N) is 1. The molecule has 1 fully saturated rings. The zero-order valence-corrected chi connectivity index (χ0v) is 19.5. The number of amides is 4. The lowest BCUT2D eigenvalue weighted by Crippen LogP contribution is -2.44. The molecule has 3 aromatic rings. The molecule has 4 amide bonds. The van der Waals surface area contributed by atoms with E-state index in [4.69, 9.17) is 11.6 Å². The summed E-state index contributed by atoms with van der Waals surface area (Å²) < 4.78 is 0. The average Bonchev–Trinajstić information content (AvgIpc) is 3.03. The summed E-state index contributed by atoms with van der Waals surface area (Å²) in [4.78, 5) is 40.9. The Balaban J connectivity index is 1.33. The molecule has 2 atom stereocenters. The van der Waals surface area contributed by atoms with Gasteiger partial charge in [-0.25, -0.2) is 4.79 Å². The van der Waals surface area contributed by atoms with E-state index in [9.17, 15) is 14.4 Å². The first-order chi connectivity index (χ1) is 15.8. The number of nitrogens with one attached hydrogen (secondary N) is 2. The molecule has 0 saturated carbocycles. The Morgan fingerprint density at radius 3 is 2.76 bits per heavy atom. The lowest BCUT2D eigenvalue weighted by Gasteiger charge is -2.27. The van der Waals surface area contributed by atoms with Gasteiger partial charge in [-0.05, 0) is 59.5 Å². The van der Waals surface area contributed by atoms with Crippen molar-refractivity contribution in [3.8, 4) is 0 Å². The zero-order valence-electron chi connectivity index (χ0n) is 17.9. The quantitative estimate of drug-likeness (QED) is 0.535. The van der Waals surface area contributed by atoms with Crippen LogP contribution in [0.3, 0.4) is 0 Å². The van der Waals surface area contributed by atoms with Gasteiger partial charge in [0, 0.05) is 15.7 Å². The van der Waals surface area contributed by atoms with E-state index in [-0.39, 0.29) is 18.5 Å². The van der Waals surface area contributed by atoms with Crippen molar-refractivity contribution in [3.05, 3.63) is 76.8 Å². The highest BCUT2D eigenvalue weighted by Crippen LogP contribution is 2.37. The molecule has 0 aromatic heterocycles. The Hall–Kier alpha value is -3.03. The van der Waals surface area contributed by atoms with Gasteiger partial charge in [-0.2, -0.15) is 0 Å². The first kappa shape index (κ1) is 21.8. The van der Waals surface area contributed by atoms with Crippen LogP contribution in [0.25, 0.3) is 10.8 Å². The normalized spacial score (nSPS) is 22.2. The second-order valence-corrected chi connectivity index (χ2v) is 10.0. The van der Waals surface area contributed by atoms with Gasteiger partial charge in [0.15, 0.2) is 0 Å². The highest BCUT2D eigenvalue weighted by Gasteiger charge is 2.49. The molecule has 0 radical (unpaired) electrons. The van der Waals surface area contributed by atoms with Gasteiger partial charge in [0.1, 0.15) is 12.1 Å². The number of halogens is 1. The van der Waals surface area contributed by atoms with Crippen molar-refractivity contribution < 1.29 is 14.4 Å². The summed E-state index contributed by atoms with van der Waals surface area (Å²) in [7, 11) is 0. The number of benzene rings is 3. The molecular weight excluding hydrogens is 458 g/mol. The largest absolute Gasteiger partial charge is 0.348 e. The molecule has 33 heavy (non-hydrogen) atoms. The maximum atomic E-state index is 13.3. The standard InChI is InChI=1S/C25H22ClN3O3S/c1-25(17-7-6-15-4-2-3-5-16(15)12-17)23(31)29(24(32)28-25)14-22(30)27-20-10-11-33-21-9-8-18(26)13-19(20)21/h2-9,12-13,20H,10-11,14H2,1H3,(H,27,30)(H,28,32). The highest BCUT2D eigenvalue weighted by molar-refractivity contribution is 7.99. The van der Waals surface area contributed by atoms with Crippen LogP contribution in [0, 0.1) is 0 Å². The van der Waals surface area contributed by atoms with E-state index < -0.39 is 17.5 Å². The van der Waals surface area contributed by atoms with Crippen molar-refractivity contribution >= 4 is 52.0 Å². The average molecular weight is 480 g/mol. The molecule has 2 heterocycles. The third-order valence-electron chi connectivity index (χ3n) is 6.25. The van der Waals surface area contributed by atoms with Crippen molar-refractivity contribution in [2.24, 2.45) is 0 Å². The molecule has 2 aliphatic rings. The number of rotatable bonds is 4. The van der Waals surface area contributed by atoms with Crippen molar-refractivity contribution in [3.63, 3.8) is 0 Å². The molecule has 0 aliphatic carbocycles. The van der Waals surface area contributed by atoms with E-state index in [1.807, 2.05) is 60.7 Å². The summed E-state index contributed by atoms with van der Waals surface area (Å²) in [6.07, 6.45) is 0.749. The van der Waals surface area contributed by atoms with Crippen LogP contribution in [-0.2, 0) is 15.1 Å². The molecule has 6 nitrogen and oxygen atoms in total. The number of urea groups is 1. The number of imide groups is 1. The van der Waals surface area contributed by atoms with E-state index in [0.29, 0.717) is 10.6 Å². The number of carbonyl (C=O) groups excluding carboxylic acids is 3. The minimum Gasteiger partial charge on any atom is -0.348 e. The van der Waals surface area contributed by atoms with E-state index in [0.717, 1.165) is 38.3 Å². The number of carbonyl (C=O) groups is 3. The third kappa shape index (κ3) is 3.96. The van der Waals surface area contributed by atoms with Crippen molar-refractivity contribution in [1.29, 1.82) is 0 Å². The van der Waals surface area contributed by atoms with Crippen LogP contribution in [-0.4, -0.2) is 35.0 Å². The maximum Gasteiger partial charge on any atom is 0.325 e. The Morgan fingerprint density at radius 1 is 1.15 bits per heavy atom. The van der Waals surface area contributed by atoms with Crippen LogP contribution >= 0.6 is 23.4 Å². The minimum absolute atomic E-state index is 0.208. The molecule has 5 rings (SSSR count). The van der Waals surface area contributed by atoms with Crippen LogP contribution in [0.2, 0.25) is 5.02 Å².